The molecule has 2 aromatic rings. The van der Waals surface area contributed by atoms with Crippen molar-refractivity contribution in [3.63, 3.8) is 0 Å². The molecule has 1 aromatic heterocycles. The van der Waals surface area contributed by atoms with E-state index < -0.39 is 11.9 Å². The maximum atomic E-state index is 13.1. The molecule has 0 aliphatic carbocycles. The van der Waals surface area contributed by atoms with Gasteiger partial charge in [-0.05, 0) is 43.6 Å². The molecule has 0 radical (unpaired) electrons. The lowest BCUT2D eigenvalue weighted by Gasteiger charge is -1.99. The number of halogens is 2. The van der Waals surface area contributed by atoms with Crippen LogP contribution in [0.3, 0.4) is 0 Å². The summed E-state index contributed by atoms with van der Waals surface area (Å²) in [6.45, 7) is 0. The number of rotatable bonds is 1. The van der Waals surface area contributed by atoms with Crippen molar-refractivity contribution in [2.24, 2.45) is 7.05 Å². The number of carboxylic acid groups (broad SMARTS) is 1. The number of carbonyl (C=O) groups is 1. The third-order valence-electron chi connectivity index (χ3n) is 2.11. The van der Waals surface area contributed by atoms with E-state index in [1.54, 1.807) is 0 Å². The molecular weight excluding hydrogens is 295 g/mol. The van der Waals surface area contributed by atoms with Gasteiger partial charge in [-0.15, -0.1) is 0 Å². The molecule has 1 heterocycles. The van der Waals surface area contributed by atoms with Crippen LogP contribution >= 0.6 is 15.9 Å². The topological polar surface area (TPSA) is 71.9 Å². The smallest absolute Gasteiger partial charge is 0.453 e. The van der Waals surface area contributed by atoms with E-state index in [2.05, 4.69) is 26.2 Å². The minimum absolute atomic E-state index is 0.0476. The van der Waals surface area contributed by atoms with Crippen molar-refractivity contribution in [3.8, 4) is 11.4 Å². The Morgan fingerprint density at radius 3 is 2.94 bits per heavy atom. The van der Waals surface area contributed by atoms with Crippen molar-refractivity contribution in [1.82, 2.24) is 15.0 Å². The van der Waals surface area contributed by atoms with Crippen molar-refractivity contribution in [1.29, 1.82) is 0 Å². The zero-order chi connectivity index (χ0) is 12.6. The molecule has 0 aliphatic heterocycles. The average Bonchev–Trinajstić information content (AvgIpc) is 2.64. The molecule has 1 N–H and O–H groups in total. The monoisotopic (exact) mass is 301 g/mol. The third-order valence-corrected chi connectivity index (χ3v) is 2.80. The summed E-state index contributed by atoms with van der Waals surface area (Å²) >= 11 is 3.21. The van der Waals surface area contributed by atoms with Gasteiger partial charge in [0.15, 0.2) is 5.21 Å². The fraction of sp³-hybridized carbons (Fsp3) is 0.111. The summed E-state index contributed by atoms with van der Waals surface area (Å²) in [7, 11) is 1.43. The third kappa shape index (κ3) is 2.03. The Morgan fingerprint density at radius 2 is 2.29 bits per heavy atom. The maximum Gasteiger partial charge on any atom is 0.453 e. The van der Waals surface area contributed by atoms with Crippen molar-refractivity contribution < 1.29 is 19.1 Å². The molecule has 6 nitrogen and oxygen atoms in total. The molecule has 0 atom stereocenters. The minimum Gasteiger partial charge on any atom is -0.462 e. The molecule has 0 spiro atoms. The van der Waals surface area contributed by atoms with Gasteiger partial charge in [0, 0.05) is 4.47 Å². The molecule has 0 fully saturated rings. The van der Waals surface area contributed by atoms with E-state index in [1.165, 1.54) is 25.2 Å². The highest BCUT2D eigenvalue weighted by Gasteiger charge is 2.26. The van der Waals surface area contributed by atoms with E-state index in [9.17, 15) is 9.18 Å². The number of benzene rings is 1. The Labute approximate surface area is 103 Å². The Balaban J connectivity index is 2.68. The molecule has 0 saturated heterocycles. The van der Waals surface area contributed by atoms with Gasteiger partial charge in [-0.2, -0.15) is 0 Å². The lowest BCUT2D eigenvalue weighted by molar-refractivity contribution is -0.797. The Kier molecular flexibility index (Phi) is 2.88. The van der Waals surface area contributed by atoms with Gasteiger partial charge in [0.2, 0.25) is 0 Å². The van der Waals surface area contributed by atoms with Gasteiger partial charge in [0.25, 0.3) is 0 Å². The molecule has 17 heavy (non-hydrogen) atoms. The van der Waals surface area contributed by atoms with E-state index in [0.717, 1.165) is 9.48 Å². The molecule has 0 saturated carbocycles. The van der Waals surface area contributed by atoms with Crippen LogP contribution in [0.5, 0.6) is 0 Å². The maximum absolute atomic E-state index is 13.1. The van der Waals surface area contributed by atoms with Crippen LogP contribution in [0.2, 0.25) is 0 Å². The summed E-state index contributed by atoms with van der Waals surface area (Å²) in [5, 5.41) is 16.3. The van der Waals surface area contributed by atoms with Gasteiger partial charge in [0.05, 0.1) is 10.7 Å². The first-order valence-corrected chi connectivity index (χ1v) is 5.30. The van der Waals surface area contributed by atoms with Crippen molar-refractivity contribution in [3.05, 3.63) is 28.5 Å². The second-order valence-corrected chi connectivity index (χ2v) is 4.08. The van der Waals surface area contributed by atoms with Gasteiger partial charge in [0.1, 0.15) is 12.9 Å². The lowest BCUT2D eigenvalue weighted by Crippen LogP contribution is -2.44. The number of hydrogen-bond donors (Lipinski definition) is 1. The summed E-state index contributed by atoms with van der Waals surface area (Å²) < 4.78 is 14.5. The molecule has 8 heteroatoms. The summed E-state index contributed by atoms with van der Waals surface area (Å²) in [6, 6.07) is 3.92. The van der Waals surface area contributed by atoms with E-state index in [-0.39, 0.29) is 5.82 Å². The van der Waals surface area contributed by atoms with Crippen LogP contribution in [-0.2, 0) is 7.05 Å². The van der Waals surface area contributed by atoms with Crippen LogP contribution in [0.15, 0.2) is 22.7 Å². The first-order valence-electron chi connectivity index (χ1n) is 4.51. The lowest BCUT2D eigenvalue weighted by atomic mass is 10.2. The Bertz CT molecular complexity index is 599. The van der Waals surface area contributed by atoms with Gasteiger partial charge in [-0.3, -0.25) is 0 Å². The Morgan fingerprint density at radius 1 is 1.59 bits per heavy atom. The van der Waals surface area contributed by atoms with Gasteiger partial charge in [-0.25, -0.2) is 9.18 Å². The summed E-state index contributed by atoms with van der Waals surface area (Å²) in [5.41, 5.74) is 0.320. The number of nitrogens with zero attached hydrogens (tertiary/aromatic N) is 4. The Hall–Kier alpha value is -1.83. The number of aromatic nitrogens is 4. The van der Waals surface area contributed by atoms with E-state index in [4.69, 9.17) is 5.11 Å². The van der Waals surface area contributed by atoms with Crippen LogP contribution < -0.4 is 4.80 Å². The fourth-order valence-corrected chi connectivity index (χ4v) is 1.80. The highest BCUT2D eigenvalue weighted by molar-refractivity contribution is 9.10. The van der Waals surface area contributed by atoms with E-state index in [0.29, 0.717) is 10.0 Å². The standard InChI is InChI=1S/C9H6BrFN4O2/c1-14-13-12-8(15(14)9(16)17)6-4-5(11)2-3-7(6)10/h2-4H,1H3/p+1. The first-order chi connectivity index (χ1) is 8.00. The highest BCUT2D eigenvalue weighted by atomic mass is 79.9. The molecule has 0 unspecified atom stereocenters. The van der Waals surface area contributed by atoms with Crippen LogP contribution in [0, 0.1) is 5.82 Å². The quantitative estimate of drug-likeness (QED) is 0.634. The molecule has 0 amide bonds. The molecule has 0 bridgehead atoms. The predicted molar refractivity (Wildman–Crippen MR) is 57.7 cm³/mol. The second-order valence-electron chi connectivity index (χ2n) is 3.22. The molecule has 0 aliphatic rings. The largest absolute Gasteiger partial charge is 0.462 e. The van der Waals surface area contributed by atoms with Crippen molar-refractivity contribution in [2.75, 3.05) is 0 Å². The minimum atomic E-state index is -1.25. The normalized spacial score (nSPS) is 10.5. The molecule has 1 aromatic carbocycles. The average molecular weight is 302 g/mol. The molecular formula is C9H7BrFN4O2+. The highest BCUT2D eigenvalue weighted by Crippen LogP contribution is 2.26. The number of hydrogen-bond acceptors (Lipinski definition) is 3. The van der Waals surface area contributed by atoms with Crippen LogP contribution in [0.1, 0.15) is 0 Å². The van der Waals surface area contributed by atoms with E-state index >= 15 is 0 Å². The SMILES string of the molecule is C[n+]1nnc(-c2cc(F)ccc2Br)n1C(=O)O. The van der Waals surface area contributed by atoms with Crippen LogP contribution in [0.25, 0.3) is 11.4 Å². The summed E-state index contributed by atoms with van der Waals surface area (Å²) in [5.74, 6) is -0.433. The van der Waals surface area contributed by atoms with Gasteiger partial charge < -0.3 is 5.11 Å². The molecule has 88 valence electrons. The second kappa shape index (κ2) is 4.21. The van der Waals surface area contributed by atoms with Crippen LogP contribution in [0.4, 0.5) is 9.18 Å². The zero-order valence-electron chi connectivity index (χ0n) is 8.63. The first kappa shape index (κ1) is 11.6. The predicted octanol–water partition coefficient (Wildman–Crippen LogP) is 1.20. The molecule has 2 rings (SSSR count). The van der Waals surface area contributed by atoms with Crippen molar-refractivity contribution >= 4 is 22.0 Å². The zero-order valence-corrected chi connectivity index (χ0v) is 10.2. The van der Waals surface area contributed by atoms with Gasteiger partial charge >= 0.3 is 11.9 Å². The van der Waals surface area contributed by atoms with Gasteiger partial charge in [-0.1, -0.05) is 0 Å². The van der Waals surface area contributed by atoms with E-state index in [1.807, 2.05) is 0 Å². The summed E-state index contributed by atoms with van der Waals surface area (Å²) in [6.07, 6.45) is -1.25. The summed E-state index contributed by atoms with van der Waals surface area (Å²) in [4.78, 5) is 12.1. The van der Waals surface area contributed by atoms with Crippen molar-refractivity contribution in [2.45, 2.75) is 0 Å². The van der Waals surface area contributed by atoms with Crippen LogP contribution in [-0.4, -0.2) is 26.2 Å². The fourth-order valence-electron chi connectivity index (χ4n) is 1.38. The number of tetrazole rings is 1. The number of aryl methyl sites for hydroxylation is 1.